The van der Waals surface area contributed by atoms with Crippen LogP contribution >= 0.6 is 0 Å². The Bertz CT molecular complexity index is 587. The molecule has 1 aromatic heterocycles. The molecule has 0 bridgehead atoms. The number of esters is 1. The van der Waals surface area contributed by atoms with Gasteiger partial charge in [-0.3, -0.25) is 4.79 Å². The Hall–Kier alpha value is -2.30. The number of fused-ring (bicyclic) bond motifs is 1. The van der Waals surface area contributed by atoms with Gasteiger partial charge < -0.3 is 14.5 Å². The van der Waals surface area contributed by atoms with Crippen molar-refractivity contribution in [3.8, 4) is 0 Å². The minimum atomic E-state index is -0.994. The van der Waals surface area contributed by atoms with Crippen LogP contribution in [0.4, 0.5) is 4.79 Å². The topological polar surface area (TPSA) is 68.4 Å². The summed E-state index contributed by atoms with van der Waals surface area (Å²) in [5, 5.41) is 0.937. The molecule has 2 rings (SSSR count). The van der Waals surface area contributed by atoms with E-state index in [0.717, 1.165) is 23.6 Å². The number of hydrogen-bond donors (Lipinski definition) is 1. The van der Waals surface area contributed by atoms with Crippen LogP contribution in [0.3, 0.4) is 0 Å². The summed E-state index contributed by atoms with van der Waals surface area (Å²) < 4.78 is 8.81. The van der Waals surface area contributed by atoms with Crippen LogP contribution in [0.25, 0.3) is 10.9 Å². The number of ether oxygens (including phenoxy) is 2. The maximum Gasteiger partial charge on any atom is 0.515 e. The van der Waals surface area contributed by atoms with Crippen LogP contribution in [0.15, 0.2) is 30.5 Å². The molecule has 0 aliphatic heterocycles. The lowest BCUT2D eigenvalue weighted by Gasteiger charge is -2.08. The summed E-state index contributed by atoms with van der Waals surface area (Å²) in [6.45, 7) is 1.68. The van der Waals surface area contributed by atoms with Gasteiger partial charge in [0.15, 0.2) is 0 Å². The van der Waals surface area contributed by atoms with Gasteiger partial charge in [0.05, 0.1) is 13.0 Å². The Morgan fingerprint density at radius 2 is 2.00 bits per heavy atom. The molecular weight excluding hydrogens is 234 g/mol. The quantitative estimate of drug-likeness (QED) is 0.654. The second-order valence-corrected chi connectivity index (χ2v) is 3.89. The van der Waals surface area contributed by atoms with Crippen LogP contribution in [-0.2, 0) is 14.3 Å². The lowest BCUT2D eigenvalue weighted by Crippen LogP contribution is -2.17. The third-order valence-corrected chi connectivity index (χ3v) is 2.79. The number of carbonyl (C=O) groups is 2. The molecule has 1 atom stereocenters. The summed E-state index contributed by atoms with van der Waals surface area (Å²) in [5.74, 6) is -1.17. The van der Waals surface area contributed by atoms with Crippen molar-refractivity contribution in [2.45, 2.75) is 12.8 Å². The first-order valence-electron chi connectivity index (χ1n) is 5.49. The Labute approximate surface area is 104 Å². The van der Waals surface area contributed by atoms with E-state index in [0.29, 0.717) is 0 Å². The minimum Gasteiger partial charge on any atom is -0.437 e. The van der Waals surface area contributed by atoms with E-state index >= 15 is 0 Å². The molecule has 0 radical (unpaired) electrons. The van der Waals surface area contributed by atoms with Crippen molar-refractivity contribution in [2.75, 3.05) is 7.11 Å². The predicted octanol–water partition coefficient (Wildman–Crippen LogP) is 2.58. The van der Waals surface area contributed by atoms with E-state index in [1.165, 1.54) is 0 Å². The average Bonchev–Trinajstić information content (AvgIpc) is 2.81. The number of carbonyl (C=O) groups excluding carboxylic acids is 2. The first-order chi connectivity index (χ1) is 8.63. The maximum absolute atomic E-state index is 11.7. The molecule has 1 N–H and O–H groups in total. The Morgan fingerprint density at radius 3 is 2.72 bits per heavy atom. The van der Waals surface area contributed by atoms with Crippen LogP contribution in [0, 0.1) is 0 Å². The molecule has 94 valence electrons. The highest BCUT2D eigenvalue weighted by atomic mass is 16.7. The number of nitrogens with one attached hydrogen (secondary N) is 1. The molecule has 0 saturated carbocycles. The molecular formula is C13H13NO4. The fourth-order valence-electron chi connectivity index (χ4n) is 1.79. The predicted molar refractivity (Wildman–Crippen MR) is 65.2 cm³/mol. The summed E-state index contributed by atoms with van der Waals surface area (Å²) in [6.07, 6.45) is 0.750. The van der Waals surface area contributed by atoms with Crippen molar-refractivity contribution in [1.29, 1.82) is 0 Å². The normalized spacial score (nSPS) is 12.1. The molecule has 5 heteroatoms. The van der Waals surface area contributed by atoms with Gasteiger partial charge in [-0.25, -0.2) is 4.79 Å². The fraction of sp³-hybridized carbons (Fsp3) is 0.231. The largest absolute Gasteiger partial charge is 0.515 e. The van der Waals surface area contributed by atoms with E-state index in [9.17, 15) is 9.59 Å². The number of hydrogen-bond acceptors (Lipinski definition) is 4. The zero-order valence-corrected chi connectivity index (χ0v) is 10.1. The first-order valence-corrected chi connectivity index (χ1v) is 5.49. The van der Waals surface area contributed by atoms with Gasteiger partial charge in [0.2, 0.25) is 0 Å². The zero-order valence-electron chi connectivity index (χ0n) is 10.1. The number of para-hydroxylation sites is 1. The zero-order chi connectivity index (χ0) is 13.1. The summed E-state index contributed by atoms with van der Waals surface area (Å²) in [5.41, 5.74) is 1.73. The van der Waals surface area contributed by atoms with Gasteiger partial charge in [0, 0.05) is 17.1 Å². The molecule has 0 amide bonds. The molecule has 1 heterocycles. The number of benzene rings is 1. The fourth-order valence-corrected chi connectivity index (χ4v) is 1.79. The van der Waals surface area contributed by atoms with Crippen molar-refractivity contribution < 1.29 is 19.1 Å². The van der Waals surface area contributed by atoms with Crippen LogP contribution in [0.2, 0.25) is 0 Å². The number of methoxy groups -OCH3 is 1. The first kappa shape index (κ1) is 12.2. The van der Waals surface area contributed by atoms with Gasteiger partial charge >= 0.3 is 12.1 Å². The smallest absolute Gasteiger partial charge is 0.437 e. The van der Waals surface area contributed by atoms with Crippen molar-refractivity contribution in [1.82, 2.24) is 4.98 Å². The molecule has 1 unspecified atom stereocenters. The molecule has 2 aromatic rings. The van der Waals surface area contributed by atoms with Crippen molar-refractivity contribution in [3.05, 3.63) is 36.0 Å². The number of rotatable bonds is 2. The van der Waals surface area contributed by atoms with E-state index in [1.807, 2.05) is 24.3 Å². The molecule has 0 aliphatic carbocycles. The lowest BCUT2D eigenvalue weighted by molar-refractivity contribution is -0.140. The van der Waals surface area contributed by atoms with E-state index in [1.54, 1.807) is 13.1 Å². The number of aromatic amines is 1. The van der Waals surface area contributed by atoms with Crippen molar-refractivity contribution >= 4 is 23.0 Å². The molecule has 5 nitrogen and oxygen atoms in total. The second-order valence-electron chi connectivity index (χ2n) is 3.89. The Kier molecular flexibility index (Phi) is 3.32. The monoisotopic (exact) mass is 247 g/mol. The van der Waals surface area contributed by atoms with Crippen molar-refractivity contribution in [3.63, 3.8) is 0 Å². The molecule has 0 aliphatic rings. The Morgan fingerprint density at radius 1 is 1.28 bits per heavy atom. The third kappa shape index (κ3) is 2.20. The highest BCUT2D eigenvalue weighted by molar-refractivity contribution is 5.92. The Balaban J connectivity index is 2.25. The lowest BCUT2D eigenvalue weighted by atomic mass is 10.0. The van der Waals surface area contributed by atoms with Gasteiger partial charge in [-0.2, -0.15) is 0 Å². The average molecular weight is 247 g/mol. The molecule has 0 spiro atoms. The van der Waals surface area contributed by atoms with Gasteiger partial charge in [-0.15, -0.1) is 0 Å². The maximum atomic E-state index is 11.7. The van der Waals surface area contributed by atoms with Crippen LogP contribution < -0.4 is 0 Å². The van der Waals surface area contributed by atoms with E-state index < -0.39 is 18.0 Å². The third-order valence-electron chi connectivity index (χ3n) is 2.79. The van der Waals surface area contributed by atoms with Gasteiger partial charge in [0.25, 0.3) is 0 Å². The van der Waals surface area contributed by atoms with Gasteiger partial charge in [-0.05, 0) is 18.6 Å². The van der Waals surface area contributed by atoms with E-state index in [4.69, 9.17) is 0 Å². The molecule has 0 fully saturated rings. The summed E-state index contributed by atoms with van der Waals surface area (Å²) in [7, 11) is 1.16. The van der Waals surface area contributed by atoms with E-state index in [-0.39, 0.29) is 0 Å². The summed E-state index contributed by atoms with van der Waals surface area (Å²) in [6, 6.07) is 7.61. The summed E-state index contributed by atoms with van der Waals surface area (Å²) >= 11 is 0. The highest BCUT2D eigenvalue weighted by Gasteiger charge is 2.22. The summed E-state index contributed by atoms with van der Waals surface area (Å²) in [4.78, 5) is 25.7. The molecule has 18 heavy (non-hydrogen) atoms. The van der Waals surface area contributed by atoms with Gasteiger partial charge in [0.1, 0.15) is 0 Å². The number of H-pyrrole nitrogens is 1. The standard InChI is InChI=1S/C13H13NO4/c1-8(12(15)18-13(16)17-2)10-7-14-11-6-4-3-5-9(10)11/h3-8,14H,1-2H3. The second kappa shape index (κ2) is 4.91. The minimum absolute atomic E-state index is 0.541. The molecule has 0 saturated heterocycles. The van der Waals surface area contributed by atoms with Crippen LogP contribution in [0.5, 0.6) is 0 Å². The van der Waals surface area contributed by atoms with Crippen LogP contribution in [-0.4, -0.2) is 24.2 Å². The number of aromatic nitrogens is 1. The van der Waals surface area contributed by atoms with Crippen LogP contribution in [0.1, 0.15) is 18.4 Å². The van der Waals surface area contributed by atoms with Crippen molar-refractivity contribution in [2.24, 2.45) is 0 Å². The van der Waals surface area contributed by atoms with E-state index in [2.05, 4.69) is 14.5 Å². The SMILES string of the molecule is COC(=O)OC(=O)C(C)c1c[nH]c2ccccc12. The molecule has 1 aromatic carbocycles. The highest BCUT2D eigenvalue weighted by Crippen LogP contribution is 2.26. The van der Waals surface area contributed by atoms with Gasteiger partial charge in [-0.1, -0.05) is 18.2 Å².